The van der Waals surface area contributed by atoms with E-state index in [2.05, 4.69) is 277 Å². The van der Waals surface area contributed by atoms with E-state index >= 15 is 0 Å². The first-order valence-electron chi connectivity index (χ1n) is 41.7. The second-order valence-corrected chi connectivity index (χ2v) is 86.7. The maximum absolute atomic E-state index is 10.5. The summed E-state index contributed by atoms with van der Waals surface area (Å²) in [5, 5.41) is 7.37. The molecule has 6 aromatic carbocycles. The molecule has 17 nitrogen and oxygen atoms in total. The minimum atomic E-state index is -2.69. The molecule has 112 heavy (non-hydrogen) atoms. The van der Waals surface area contributed by atoms with E-state index in [9.17, 15) is 4.80 Å². The van der Waals surface area contributed by atoms with Gasteiger partial charge in [0.2, 0.25) is 16.6 Å². The van der Waals surface area contributed by atoms with Gasteiger partial charge in [-0.1, -0.05) is 214 Å². The van der Waals surface area contributed by atoms with Crippen LogP contribution in [0.15, 0.2) is 182 Å². The fraction of sp³-hybridized carbons (Fsp3) is 0.561. The Morgan fingerprint density at radius 2 is 0.500 bits per heavy atom. The average molecular weight is 1770 g/mol. The van der Waals surface area contributed by atoms with Crippen LogP contribution in [0.5, 0.6) is 0 Å². The Morgan fingerprint density at radius 1 is 0.259 bits per heavy atom. The standard InChI is InChI=1S/C30H36N2OSi2.C15H32N2O2Si3.C12H22O2Si2.C10H30N2O2Si3.C10H28N2OSi2.C5H15NSi/c31-23-13-25-34(27-15-5-1-6-16-27,28-17-7-2-8-18-28)33-35(26-14-24-32,29-19-9-3-10-20-29)30-21-11-4-12-22-30;1-20(2,13-11-16)18-22(5,15-9-7-6-8-10-15)19-21(3,4)14-12-17;1-5-11-15(2,3)14-16(4,13)12-9-7-6-8-10-12;1-15(2,9-7-11)13-17(5,6)14-16(3,4)10-8-12;1-14(2,9-5-7-11)13-15(3,4)10-6-8-12;1-7(2)5-3-4-6/h1-12,15-22H,13-14,23-26,31-32H2;6-10H,11-14,16-17H2,1-5H3;6-10,13H,5,11H2,1-4H3;7-12H2,1-6H3;5-12H2,1-4H3;7H,3-6H2,1-2H3. The highest BCUT2D eigenvalue weighted by atomic mass is 28.5. The average Bonchev–Trinajstić information content (AvgIpc) is 0.739. The number of hydrogen-bond acceptors (Lipinski definition) is 17. The lowest BCUT2D eigenvalue weighted by atomic mass is 10.4. The zero-order valence-electron chi connectivity index (χ0n) is 74.1. The molecule has 0 amide bonds. The Kier molecular flexibility index (Phi) is 51.7. The van der Waals surface area contributed by atoms with E-state index in [-0.39, 0.29) is 8.80 Å². The van der Waals surface area contributed by atoms with Crippen LogP contribution in [-0.2, 0) is 28.8 Å². The molecule has 6 rings (SSSR count). The molecule has 0 saturated carbocycles. The summed E-state index contributed by atoms with van der Waals surface area (Å²) < 4.78 is 46.5. The van der Waals surface area contributed by atoms with E-state index in [1.165, 1.54) is 50.5 Å². The predicted molar refractivity (Wildman–Crippen MR) is 523 cm³/mol. The normalized spacial score (nSPS) is 13.2. The van der Waals surface area contributed by atoms with Crippen LogP contribution in [0.1, 0.15) is 45.4 Å². The van der Waals surface area contributed by atoms with Crippen molar-refractivity contribution in [3.05, 3.63) is 182 Å². The molecule has 0 aliphatic carbocycles. The van der Waals surface area contributed by atoms with Gasteiger partial charge in [-0.25, -0.2) is 0 Å². The molecule has 636 valence electrons. The van der Waals surface area contributed by atoms with E-state index in [4.69, 9.17) is 80.4 Å². The Bertz CT molecular complexity index is 3110. The van der Waals surface area contributed by atoms with Gasteiger partial charge in [0.1, 0.15) is 0 Å². The number of hydrogen-bond donors (Lipinski definition) is 10. The molecule has 0 saturated heterocycles. The molecule has 0 spiro atoms. The largest absolute Gasteiger partial charge is 0.455 e. The third-order valence-corrected chi connectivity index (χ3v) is 68.4. The molecule has 19 N–H and O–H groups in total. The molecule has 0 aliphatic heterocycles. The summed E-state index contributed by atoms with van der Waals surface area (Å²) in [6, 6.07) is 74.4. The minimum absolute atomic E-state index is 0.268. The topological polar surface area (TPSA) is 319 Å². The summed E-state index contributed by atoms with van der Waals surface area (Å²) in [6.45, 7) is 53.1. The second-order valence-electron chi connectivity index (χ2n) is 35.0. The molecular formula is C82H163N9O8Si13. The summed E-state index contributed by atoms with van der Waals surface area (Å²) in [5.74, 6) is 0. The Hall–Kier alpha value is -2.54. The summed E-state index contributed by atoms with van der Waals surface area (Å²) in [6.07, 6.45) is 6.39. The molecule has 0 radical (unpaired) electrons. The number of benzene rings is 6. The van der Waals surface area contributed by atoms with Crippen molar-refractivity contribution < 1.29 is 33.6 Å². The zero-order valence-corrected chi connectivity index (χ0v) is 87.2. The van der Waals surface area contributed by atoms with E-state index < -0.39 is 101 Å². The van der Waals surface area contributed by atoms with Crippen molar-refractivity contribution in [2.75, 3.05) is 58.9 Å². The molecule has 0 aliphatic rings. The highest BCUT2D eigenvalue weighted by molar-refractivity contribution is 7.09. The van der Waals surface area contributed by atoms with Crippen LogP contribution in [0.3, 0.4) is 0 Å². The van der Waals surface area contributed by atoms with Gasteiger partial charge in [0.25, 0.3) is 0 Å². The molecule has 1 atom stereocenters. The van der Waals surface area contributed by atoms with Gasteiger partial charge in [-0.15, -0.1) is 0 Å². The van der Waals surface area contributed by atoms with Crippen LogP contribution in [0.4, 0.5) is 0 Å². The van der Waals surface area contributed by atoms with Crippen molar-refractivity contribution in [2.45, 2.75) is 237 Å². The molecule has 1 unspecified atom stereocenters. The molecule has 0 aromatic heterocycles. The van der Waals surface area contributed by atoms with E-state index in [0.717, 1.165) is 99.2 Å². The van der Waals surface area contributed by atoms with Gasteiger partial charge in [-0.05, 0) is 294 Å². The Labute approximate surface area is 698 Å². The molecule has 0 fully saturated rings. The van der Waals surface area contributed by atoms with Gasteiger partial charge in [0.15, 0.2) is 58.2 Å². The summed E-state index contributed by atoms with van der Waals surface area (Å²) in [5.41, 5.74) is 51.4. The van der Waals surface area contributed by atoms with Crippen LogP contribution in [0.25, 0.3) is 0 Å². The van der Waals surface area contributed by atoms with Gasteiger partial charge in [0.05, 0.1) is 0 Å². The summed E-state index contributed by atoms with van der Waals surface area (Å²) in [4.78, 5) is 10.5. The molecule has 0 heterocycles. The maximum atomic E-state index is 10.5. The number of nitrogens with two attached hydrogens (primary N) is 9. The quantitative estimate of drug-likeness (QED) is 0.0159. The molecular weight excluding hydrogens is 1600 g/mol. The molecule has 6 aromatic rings. The second kappa shape index (κ2) is 53.9. The minimum Gasteiger partial charge on any atom is -0.455 e. The Morgan fingerprint density at radius 3 is 0.750 bits per heavy atom. The Balaban J connectivity index is 0.000000714. The smallest absolute Gasteiger partial charge is 0.356 e. The van der Waals surface area contributed by atoms with Crippen molar-refractivity contribution in [1.29, 1.82) is 0 Å². The van der Waals surface area contributed by atoms with E-state index in [1.807, 2.05) is 42.9 Å². The van der Waals surface area contributed by atoms with Gasteiger partial charge < -0.3 is 85.2 Å². The fourth-order valence-corrected chi connectivity index (χ4v) is 69.1. The van der Waals surface area contributed by atoms with E-state index in [0.29, 0.717) is 39.3 Å². The molecule has 0 bridgehead atoms. The van der Waals surface area contributed by atoms with Gasteiger partial charge >= 0.3 is 25.7 Å². The van der Waals surface area contributed by atoms with Crippen molar-refractivity contribution >= 4 is 140 Å². The SMILES string of the molecule is CCC[Si](C)(C)O[Si](C)(O)c1ccccc1.C[SiH](C)CCCN.C[Si](C)(CCCN)O[Si](C)(C)CCCN.C[Si](C)(CCN)O[Si](C)(C)O[Si](C)(C)CCN.C[Si](C)(CCN)O[Si](C)(O[Si](C)(C)CCN)c1ccccc1.NCCC[Si](O[Si](CCCN)(c1ccccc1)c1ccccc1)(c1ccccc1)c1ccccc1. The highest BCUT2D eigenvalue weighted by Gasteiger charge is 2.51. The highest BCUT2D eigenvalue weighted by Crippen LogP contribution is 2.30. The van der Waals surface area contributed by atoms with Crippen LogP contribution >= 0.6 is 0 Å². The lowest BCUT2D eigenvalue weighted by Crippen LogP contribution is -2.73. The lowest BCUT2D eigenvalue weighted by molar-refractivity contribution is 0.388. The van der Waals surface area contributed by atoms with Crippen molar-refractivity contribution in [1.82, 2.24) is 0 Å². The summed E-state index contributed by atoms with van der Waals surface area (Å²) >= 11 is 0. The van der Waals surface area contributed by atoms with Crippen molar-refractivity contribution in [3.8, 4) is 0 Å². The monoisotopic (exact) mass is 1770 g/mol. The van der Waals surface area contributed by atoms with E-state index in [1.54, 1.807) is 0 Å². The van der Waals surface area contributed by atoms with Gasteiger partial charge in [0, 0.05) is 8.80 Å². The van der Waals surface area contributed by atoms with Gasteiger partial charge in [-0.2, -0.15) is 0 Å². The maximum Gasteiger partial charge on any atom is 0.356 e. The predicted octanol–water partition coefficient (Wildman–Crippen LogP) is 13.1. The first-order valence-corrected chi connectivity index (χ1v) is 78.3. The third kappa shape index (κ3) is 43.4. The van der Waals surface area contributed by atoms with Crippen LogP contribution in [0.2, 0.25) is 191 Å². The number of rotatable bonds is 45. The van der Waals surface area contributed by atoms with Crippen molar-refractivity contribution in [3.63, 3.8) is 0 Å². The van der Waals surface area contributed by atoms with Crippen LogP contribution < -0.4 is 82.7 Å². The van der Waals surface area contributed by atoms with Crippen LogP contribution in [-0.4, -0.2) is 173 Å². The summed E-state index contributed by atoms with van der Waals surface area (Å²) in [7, 11) is -24.5. The van der Waals surface area contributed by atoms with Crippen LogP contribution in [0, 0.1) is 0 Å². The lowest BCUT2D eigenvalue weighted by Gasteiger charge is -2.43. The zero-order chi connectivity index (χ0) is 84.9. The molecule has 30 heteroatoms. The first-order chi connectivity index (χ1) is 52.4. The van der Waals surface area contributed by atoms with Gasteiger partial charge in [-0.3, -0.25) is 0 Å². The van der Waals surface area contributed by atoms with Crippen molar-refractivity contribution in [2.24, 2.45) is 51.6 Å². The fourth-order valence-electron chi connectivity index (χ4n) is 14.4. The third-order valence-electron chi connectivity index (χ3n) is 19.2. The first kappa shape index (κ1) is 107.